The number of fused-ring (bicyclic) bond motifs is 1. The molecule has 3 aliphatic rings. The number of amides is 3. The van der Waals surface area contributed by atoms with Crippen LogP contribution in [0.2, 0.25) is 0 Å². The van der Waals surface area contributed by atoms with Crippen molar-refractivity contribution in [3.05, 3.63) is 41.0 Å². The van der Waals surface area contributed by atoms with E-state index in [0.29, 0.717) is 39.0 Å². The van der Waals surface area contributed by atoms with Gasteiger partial charge in [-0.15, -0.1) is 11.3 Å². The number of aryl methyl sites for hydroxylation is 1. The molecule has 7 atom stereocenters. The van der Waals surface area contributed by atoms with Crippen LogP contribution in [0.5, 0.6) is 0 Å². The second-order valence-corrected chi connectivity index (χ2v) is 15.6. The van der Waals surface area contributed by atoms with Gasteiger partial charge in [0, 0.05) is 51.0 Å². The summed E-state index contributed by atoms with van der Waals surface area (Å²) in [5.74, 6) is -1.08. The largest absolute Gasteiger partial charge is 0.394 e. The predicted molar refractivity (Wildman–Crippen MR) is 181 cm³/mol. The number of aromatic nitrogens is 1. The molecule has 3 amide bonds. The van der Waals surface area contributed by atoms with Crippen LogP contribution in [0.3, 0.4) is 0 Å². The molecule has 1 aromatic heterocycles. The van der Waals surface area contributed by atoms with Crippen molar-refractivity contribution >= 4 is 29.1 Å². The van der Waals surface area contributed by atoms with Crippen molar-refractivity contribution in [2.45, 2.75) is 109 Å². The second-order valence-electron chi connectivity index (χ2n) is 14.8. The number of β-amino-alcohol motifs (C(OH)–C–C–N with tert-alkyl or cyclic N) is 1. The lowest BCUT2D eigenvalue weighted by molar-refractivity contribution is -0.144. The molecule has 4 N–H and O–H groups in total. The molecule has 4 heterocycles. The molecule has 13 heteroatoms. The summed E-state index contributed by atoms with van der Waals surface area (Å²) in [4.78, 5) is 49.3. The molecule has 3 aliphatic heterocycles. The fourth-order valence-corrected chi connectivity index (χ4v) is 8.14. The van der Waals surface area contributed by atoms with Gasteiger partial charge >= 0.3 is 0 Å². The molecule has 0 spiro atoms. The number of carbonyl (C=O) groups is 3. The summed E-state index contributed by atoms with van der Waals surface area (Å²) in [6.07, 6.45) is -0.366. The average Bonchev–Trinajstić information content (AvgIpc) is 3.79. The van der Waals surface area contributed by atoms with Crippen molar-refractivity contribution in [2.75, 3.05) is 32.8 Å². The van der Waals surface area contributed by atoms with Crippen LogP contribution in [0.25, 0.3) is 10.4 Å². The maximum absolute atomic E-state index is 13.9. The molecule has 48 heavy (non-hydrogen) atoms. The number of aliphatic hydroxyl groups is 2. The number of rotatable bonds is 12. The molecule has 1 aromatic carbocycles. The number of alkyl halides is 1. The number of nitrogens with one attached hydrogen (secondary N) is 2. The zero-order valence-electron chi connectivity index (χ0n) is 28.6. The van der Waals surface area contributed by atoms with Crippen LogP contribution in [0, 0.1) is 12.3 Å². The van der Waals surface area contributed by atoms with Gasteiger partial charge in [-0.05, 0) is 43.2 Å². The summed E-state index contributed by atoms with van der Waals surface area (Å²) in [6.45, 7) is 10.5. The molecule has 0 unspecified atom stereocenters. The third kappa shape index (κ3) is 8.07. The highest BCUT2D eigenvalue weighted by atomic mass is 32.1. The highest BCUT2D eigenvalue weighted by Crippen LogP contribution is 2.40. The monoisotopic (exact) mass is 687 g/mol. The van der Waals surface area contributed by atoms with Gasteiger partial charge in [0.1, 0.15) is 18.3 Å². The zero-order valence-corrected chi connectivity index (χ0v) is 29.4. The Morgan fingerprint density at radius 2 is 1.88 bits per heavy atom. The van der Waals surface area contributed by atoms with E-state index < -0.39 is 41.2 Å². The number of hydrogen-bond acceptors (Lipinski definition) is 9. The molecule has 0 aliphatic carbocycles. The van der Waals surface area contributed by atoms with Crippen molar-refractivity contribution in [2.24, 2.45) is 5.41 Å². The summed E-state index contributed by atoms with van der Waals surface area (Å²) in [5, 5.41) is 26.3. The van der Waals surface area contributed by atoms with E-state index in [1.807, 2.05) is 69.3 Å². The minimum absolute atomic E-state index is 0.00137. The summed E-state index contributed by atoms with van der Waals surface area (Å²) >= 11 is 1.58. The Morgan fingerprint density at radius 3 is 2.50 bits per heavy atom. The van der Waals surface area contributed by atoms with Crippen molar-refractivity contribution in [3.8, 4) is 10.4 Å². The van der Waals surface area contributed by atoms with Gasteiger partial charge in [-0.1, -0.05) is 45.0 Å². The predicted octanol–water partition coefficient (Wildman–Crippen LogP) is 3.13. The van der Waals surface area contributed by atoms with E-state index in [1.165, 1.54) is 4.90 Å². The average molecular weight is 688 g/mol. The smallest absolute Gasteiger partial charge is 0.246 e. The van der Waals surface area contributed by atoms with Gasteiger partial charge in [0.25, 0.3) is 0 Å². The molecule has 0 bridgehead atoms. The molecule has 3 fully saturated rings. The van der Waals surface area contributed by atoms with E-state index in [2.05, 4.69) is 15.6 Å². The van der Waals surface area contributed by atoms with Crippen molar-refractivity contribution in [1.29, 1.82) is 0 Å². The quantitative estimate of drug-likeness (QED) is 0.249. The number of nitrogens with zero attached hydrogens (tertiary/aromatic N) is 3. The number of thiazole rings is 1. The number of hydrogen-bond donors (Lipinski definition) is 4. The first-order valence-electron chi connectivity index (χ1n) is 16.9. The molecule has 0 radical (unpaired) electrons. The van der Waals surface area contributed by atoms with Crippen LogP contribution in [0.1, 0.15) is 77.1 Å². The number of aliphatic hydroxyl groups excluding tert-OH is 2. The van der Waals surface area contributed by atoms with Gasteiger partial charge < -0.3 is 30.5 Å². The van der Waals surface area contributed by atoms with Crippen LogP contribution < -0.4 is 10.6 Å². The van der Waals surface area contributed by atoms with E-state index in [4.69, 9.17) is 4.74 Å². The summed E-state index contributed by atoms with van der Waals surface area (Å²) in [5.41, 5.74) is 3.53. The Kier molecular flexibility index (Phi) is 11.3. The van der Waals surface area contributed by atoms with Crippen LogP contribution >= 0.6 is 11.3 Å². The van der Waals surface area contributed by atoms with Gasteiger partial charge in [-0.25, -0.2) is 9.37 Å². The molecular weight excluding hydrogens is 637 g/mol. The molecule has 0 saturated carbocycles. The lowest BCUT2D eigenvalue weighted by Crippen LogP contribution is -2.57. The van der Waals surface area contributed by atoms with Gasteiger partial charge in [-0.2, -0.15) is 0 Å². The first-order chi connectivity index (χ1) is 22.7. The van der Waals surface area contributed by atoms with Gasteiger partial charge in [-0.3, -0.25) is 19.3 Å². The molecule has 3 saturated heterocycles. The molecule has 5 rings (SSSR count). The Labute approximate surface area is 286 Å². The second kappa shape index (κ2) is 14.9. The number of benzene rings is 1. The summed E-state index contributed by atoms with van der Waals surface area (Å²) in [7, 11) is 0. The minimum atomic E-state index is -0.931. The van der Waals surface area contributed by atoms with Crippen LogP contribution in [0.15, 0.2) is 29.8 Å². The number of carbonyl (C=O) groups excluding carboxylic acids is 3. The standard InChI is InChI=1S/C35H50FN5O6S/c1-21(23-8-10-24(11-9-23)30-22(2)37-20-48-30)38-32(45)28-13-26(43)17-41(28)33(46)31(34(3,4)5)39-29(44)7-6-12-47-27-15-35(19-42)14-25(36)16-40(35)18-27/h8-11,20-21,25-28,31,42-43H,6-7,12-19H2,1-5H3,(H,38,45)(H,39,44)/t21-,25+,26+,27-,28-,31+,35+/m0/s1. The summed E-state index contributed by atoms with van der Waals surface area (Å²) < 4.78 is 19.9. The van der Waals surface area contributed by atoms with Gasteiger partial charge in [0.15, 0.2) is 0 Å². The third-order valence-electron chi connectivity index (χ3n) is 9.98. The first kappa shape index (κ1) is 36.3. The number of ether oxygens (including phenoxy) is 1. The summed E-state index contributed by atoms with van der Waals surface area (Å²) in [6, 6.07) is 5.81. The van der Waals surface area contributed by atoms with Crippen molar-refractivity contribution in [1.82, 2.24) is 25.4 Å². The molecule has 2 aromatic rings. The van der Waals surface area contributed by atoms with E-state index in [-0.39, 0.29) is 50.0 Å². The Morgan fingerprint density at radius 1 is 1.15 bits per heavy atom. The first-order valence-corrected chi connectivity index (χ1v) is 17.8. The Bertz CT molecular complexity index is 1450. The van der Waals surface area contributed by atoms with Gasteiger partial charge in [0.2, 0.25) is 17.7 Å². The zero-order chi connectivity index (χ0) is 34.8. The lowest BCUT2D eigenvalue weighted by atomic mass is 9.85. The van der Waals surface area contributed by atoms with Crippen LogP contribution in [0.4, 0.5) is 4.39 Å². The topological polar surface area (TPSA) is 144 Å². The van der Waals surface area contributed by atoms with Crippen LogP contribution in [-0.4, -0.2) is 112 Å². The molecule has 264 valence electrons. The van der Waals surface area contributed by atoms with Crippen LogP contribution in [-0.2, 0) is 19.1 Å². The minimum Gasteiger partial charge on any atom is -0.394 e. The highest BCUT2D eigenvalue weighted by Gasteiger charge is 2.52. The van der Waals surface area contributed by atoms with E-state index in [0.717, 1.165) is 21.7 Å². The fourth-order valence-electron chi connectivity index (χ4n) is 7.33. The Hall–Kier alpha value is -2.97. The van der Waals surface area contributed by atoms with Crippen molar-refractivity contribution < 1.29 is 33.7 Å². The van der Waals surface area contributed by atoms with E-state index >= 15 is 0 Å². The highest BCUT2D eigenvalue weighted by molar-refractivity contribution is 7.13. The number of likely N-dealkylation sites (tertiary alicyclic amines) is 1. The normalized spacial score (nSPS) is 27.1. The molecule has 11 nitrogen and oxygen atoms in total. The lowest BCUT2D eigenvalue weighted by Gasteiger charge is -2.35. The van der Waals surface area contributed by atoms with E-state index in [9.17, 15) is 29.0 Å². The number of halogens is 1. The SMILES string of the molecule is Cc1ncsc1-c1ccc([C@H](C)NC(=O)[C@@H]2C[C@@H](O)CN2C(=O)[C@@H](NC(=O)CCCO[C@@H]2CN3C[C@H](F)C[C@]3(CO)C2)C(C)(C)C)cc1. The Balaban J connectivity index is 1.14. The maximum atomic E-state index is 13.9. The van der Waals surface area contributed by atoms with Gasteiger partial charge in [0.05, 0.1) is 40.9 Å². The van der Waals surface area contributed by atoms with E-state index in [1.54, 1.807) is 11.3 Å². The third-order valence-corrected chi connectivity index (χ3v) is 11.0. The van der Waals surface area contributed by atoms with Crippen molar-refractivity contribution in [3.63, 3.8) is 0 Å². The maximum Gasteiger partial charge on any atom is 0.246 e. The fraction of sp³-hybridized carbons (Fsp3) is 0.657. The molecular formula is C35H50FN5O6S.